The van der Waals surface area contributed by atoms with Crippen LogP contribution in [0, 0.1) is 6.92 Å². The van der Waals surface area contributed by atoms with E-state index in [0.717, 1.165) is 11.6 Å². The minimum atomic E-state index is -4.61. The van der Waals surface area contributed by atoms with Gasteiger partial charge in [0.05, 0.1) is 13.2 Å². The van der Waals surface area contributed by atoms with Gasteiger partial charge in [0.15, 0.2) is 5.72 Å². The number of aryl methyl sites for hydroxylation is 1. The number of anilines is 1. The van der Waals surface area contributed by atoms with Gasteiger partial charge in [0.25, 0.3) is 0 Å². The number of carbonyl (C=O) groups is 1. The summed E-state index contributed by atoms with van der Waals surface area (Å²) in [5.74, 6) is -0.398. The first kappa shape index (κ1) is 20.9. The van der Waals surface area contributed by atoms with Gasteiger partial charge in [-0.05, 0) is 43.2 Å². The van der Waals surface area contributed by atoms with E-state index >= 15 is 0 Å². The Balaban J connectivity index is 1.81. The first-order valence-electron chi connectivity index (χ1n) is 8.84. The molecule has 1 fully saturated rings. The first-order valence-corrected chi connectivity index (χ1v) is 8.84. The van der Waals surface area contributed by atoms with Crippen LogP contribution in [0.15, 0.2) is 48.5 Å². The van der Waals surface area contributed by atoms with E-state index in [0.29, 0.717) is 5.69 Å². The van der Waals surface area contributed by atoms with E-state index in [9.17, 15) is 22.4 Å². The highest BCUT2D eigenvalue weighted by atomic mass is 19.3. The fraction of sp³-hybridized carbons (Fsp3) is 0.350. The van der Waals surface area contributed by atoms with Gasteiger partial charge < -0.3 is 14.8 Å². The molecule has 1 unspecified atom stereocenters. The van der Waals surface area contributed by atoms with Crippen LogP contribution in [0.2, 0.25) is 0 Å². The molecule has 1 aliphatic heterocycles. The standard InChI is InChI=1S/C20H20F4N2O3/c1-13-10-15(8-9-16(13)29-20(23,24)17(21)22)26-18(27)25-12-19(26,2)28-11-14-6-4-3-5-7-14/h3-10,17H,11-12H2,1-2H3,(H,25,27). The molecule has 5 nitrogen and oxygen atoms in total. The van der Waals surface area contributed by atoms with E-state index in [1.807, 2.05) is 30.3 Å². The summed E-state index contributed by atoms with van der Waals surface area (Å²) in [5, 5.41) is 2.69. The lowest BCUT2D eigenvalue weighted by Crippen LogP contribution is -2.47. The van der Waals surface area contributed by atoms with Crippen LogP contribution in [0.25, 0.3) is 0 Å². The van der Waals surface area contributed by atoms with Gasteiger partial charge in [0.1, 0.15) is 5.75 Å². The molecule has 1 heterocycles. The lowest BCUT2D eigenvalue weighted by Gasteiger charge is -2.34. The van der Waals surface area contributed by atoms with E-state index in [1.165, 1.54) is 24.0 Å². The largest absolute Gasteiger partial charge is 0.461 e. The smallest absolute Gasteiger partial charge is 0.428 e. The predicted molar refractivity (Wildman–Crippen MR) is 98.3 cm³/mol. The van der Waals surface area contributed by atoms with Crippen LogP contribution in [-0.4, -0.2) is 30.8 Å². The predicted octanol–water partition coefficient (Wildman–Crippen LogP) is 4.69. The Morgan fingerprint density at radius 2 is 1.90 bits per heavy atom. The fourth-order valence-electron chi connectivity index (χ4n) is 3.01. The van der Waals surface area contributed by atoms with Crippen LogP contribution >= 0.6 is 0 Å². The molecule has 0 bridgehead atoms. The number of alkyl halides is 4. The van der Waals surface area contributed by atoms with Gasteiger partial charge in [-0.25, -0.2) is 4.79 Å². The molecule has 0 radical (unpaired) electrons. The molecule has 0 saturated carbocycles. The van der Waals surface area contributed by atoms with Crippen LogP contribution < -0.4 is 15.0 Å². The van der Waals surface area contributed by atoms with E-state index in [2.05, 4.69) is 10.1 Å². The summed E-state index contributed by atoms with van der Waals surface area (Å²) in [6.07, 6.45) is -8.56. The number of amides is 2. The van der Waals surface area contributed by atoms with Crippen LogP contribution in [0.3, 0.4) is 0 Å². The summed E-state index contributed by atoms with van der Waals surface area (Å²) in [7, 11) is 0. The number of halogens is 4. The van der Waals surface area contributed by atoms with Crippen LogP contribution in [0.5, 0.6) is 5.75 Å². The molecule has 1 saturated heterocycles. The number of benzene rings is 2. The molecule has 0 spiro atoms. The second-order valence-corrected chi connectivity index (χ2v) is 6.86. The molecule has 1 N–H and O–H groups in total. The summed E-state index contributed by atoms with van der Waals surface area (Å²) in [4.78, 5) is 13.8. The van der Waals surface area contributed by atoms with Gasteiger partial charge in [0, 0.05) is 5.69 Å². The number of hydrogen-bond acceptors (Lipinski definition) is 3. The Bertz CT molecular complexity index is 879. The third-order valence-corrected chi connectivity index (χ3v) is 4.55. The van der Waals surface area contributed by atoms with Gasteiger partial charge in [-0.2, -0.15) is 17.6 Å². The number of urea groups is 1. The van der Waals surface area contributed by atoms with Crippen molar-refractivity contribution < 1.29 is 31.8 Å². The average Bonchev–Trinajstić information content (AvgIpc) is 2.97. The molecule has 1 aliphatic rings. The minimum absolute atomic E-state index is 0.174. The monoisotopic (exact) mass is 412 g/mol. The van der Waals surface area contributed by atoms with Gasteiger partial charge in [-0.1, -0.05) is 30.3 Å². The van der Waals surface area contributed by atoms with Crippen molar-refractivity contribution in [1.82, 2.24) is 5.32 Å². The molecule has 29 heavy (non-hydrogen) atoms. The third kappa shape index (κ3) is 4.45. The molecular weight excluding hydrogens is 392 g/mol. The number of rotatable bonds is 7. The highest BCUT2D eigenvalue weighted by molar-refractivity contribution is 5.95. The summed E-state index contributed by atoms with van der Waals surface area (Å²) < 4.78 is 61.3. The van der Waals surface area contributed by atoms with Crippen LogP contribution in [0.4, 0.5) is 28.0 Å². The second kappa shape index (κ2) is 7.90. The minimum Gasteiger partial charge on any atom is -0.428 e. The Labute approximate surface area is 165 Å². The quantitative estimate of drug-likeness (QED) is 0.671. The van der Waals surface area contributed by atoms with Crippen molar-refractivity contribution >= 4 is 11.7 Å². The van der Waals surface area contributed by atoms with Crippen molar-refractivity contribution in [3.05, 3.63) is 59.7 Å². The Morgan fingerprint density at radius 1 is 1.21 bits per heavy atom. The Hall–Kier alpha value is -2.81. The summed E-state index contributed by atoms with van der Waals surface area (Å²) in [5.41, 5.74) is 0.421. The van der Waals surface area contributed by atoms with Gasteiger partial charge in [0.2, 0.25) is 0 Å². The van der Waals surface area contributed by atoms with Crippen molar-refractivity contribution in [3.8, 4) is 5.75 Å². The van der Waals surface area contributed by atoms with Crippen molar-refractivity contribution in [2.24, 2.45) is 0 Å². The Kier molecular flexibility index (Phi) is 5.70. The molecular formula is C20H20F4N2O3. The zero-order chi connectivity index (χ0) is 21.2. The number of nitrogens with one attached hydrogen (secondary N) is 1. The maximum absolute atomic E-state index is 13.2. The van der Waals surface area contributed by atoms with Crippen molar-refractivity contribution in [1.29, 1.82) is 0 Å². The molecule has 9 heteroatoms. The lowest BCUT2D eigenvalue weighted by atomic mass is 10.1. The van der Waals surface area contributed by atoms with Crippen LogP contribution in [-0.2, 0) is 11.3 Å². The fourth-order valence-corrected chi connectivity index (χ4v) is 3.01. The molecule has 0 aromatic heterocycles. The molecule has 3 rings (SSSR count). The number of nitrogens with zero attached hydrogens (tertiary/aromatic N) is 1. The highest BCUT2D eigenvalue weighted by Crippen LogP contribution is 2.35. The molecule has 1 atom stereocenters. The normalized spacial score (nSPS) is 19.6. The number of carbonyl (C=O) groups excluding carboxylic acids is 1. The topological polar surface area (TPSA) is 50.8 Å². The van der Waals surface area contributed by atoms with Gasteiger partial charge in [-0.3, -0.25) is 4.90 Å². The average molecular weight is 412 g/mol. The van der Waals surface area contributed by atoms with Crippen LogP contribution in [0.1, 0.15) is 18.1 Å². The third-order valence-electron chi connectivity index (χ3n) is 4.55. The second-order valence-electron chi connectivity index (χ2n) is 6.86. The Morgan fingerprint density at radius 3 is 2.52 bits per heavy atom. The van der Waals surface area contributed by atoms with Crippen molar-refractivity contribution in [2.75, 3.05) is 11.4 Å². The zero-order valence-corrected chi connectivity index (χ0v) is 15.8. The van der Waals surface area contributed by atoms with E-state index in [1.54, 1.807) is 6.92 Å². The van der Waals surface area contributed by atoms with E-state index < -0.39 is 30.0 Å². The lowest BCUT2D eigenvalue weighted by molar-refractivity contribution is -0.253. The summed E-state index contributed by atoms with van der Waals surface area (Å²) in [6, 6.07) is 12.8. The molecule has 0 aliphatic carbocycles. The van der Waals surface area contributed by atoms with Crippen molar-refractivity contribution in [3.63, 3.8) is 0 Å². The number of hydrogen-bond donors (Lipinski definition) is 1. The van der Waals surface area contributed by atoms with E-state index in [-0.39, 0.29) is 18.7 Å². The maximum Gasteiger partial charge on any atom is 0.461 e. The summed E-state index contributed by atoms with van der Waals surface area (Å²) in [6.45, 7) is 3.61. The van der Waals surface area contributed by atoms with Gasteiger partial charge in [-0.15, -0.1) is 0 Å². The molecule has 2 aromatic rings. The zero-order valence-electron chi connectivity index (χ0n) is 15.8. The number of ether oxygens (including phenoxy) is 2. The van der Waals surface area contributed by atoms with E-state index in [4.69, 9.17) is 4.74 Å². The van der Waals surface area contributed by atoms with Gasteiger partial charge >= 0.3 is 18.6 Å². The van der Waals surface area contributed by atoms with Crippen molar-refractivity contribution in [2.45, 2.75) is 38.7 Å². The summed E-state index contributed by atoms with van der Waals surface area (Å²) >= 11 is 0. The molecule has 2 aromatic carbocycles. The SMILES string of the molecule is Cc1cc(N2C(=O)NCC2(C)OCc2ccccc2)ccc1OC(F)(F)C(F)F. The maximum atomic E-state index is 13.2. The first-order chi connectivity index (χ1) is 13.6. The highest BCUT2D eigenvalue weighted by Gasteiger charge is 2.45. The molecule has 156 valence electrons. The molecule has 2 amide bonds.